The maximum absolute atomic E-state index is 12.7. The van der Waals surface area contributed by atoms with Gasteiger partial charge in [-0.3, -0.25) is 4.79 Å². The van der Waals surface area contributed by atoms with Crippen LogP contribution in [0.3, 0.4) is 0 Å². The van der Waals surface area contributed by atoms with Gasteiger partial charge < -0.3 is 9.52 Å². The van der Waals surface area contributed by atoms with Crippen molar-refractivity contribution in [2.45, 2.75) is 41.1 Å². The van der Waals surface area contributed by atoms with Crippen LogP contribution in [-0.4, -0.2) is 27.8 Å². The van der Waals surface area contributed by atoms with Gasteiger partial charge in [0.1, 0.15) is 26.7 Å². The number of hydrogen-bond acceptors (Lipinski definition) is 7. The zero-order chi connectivity index (χ0) is 22.4. The lowest BCUT2D eigenvalue weighted by Gasteiger charge is -2.18. The van der Waals surface area contributed by atoms with Crippen LogP contribution in [0.2, 0.25) is 0 Å². The van der Waals surface area contributed by atoms with E-state index in [2.05, 4.69) is 0 Å². The third-order valence-electron chi connectivity index (χ3n) is 5.34. The lowest BCUT2D eigenvalue weighted by molar-refractivity contribution is 0.0235. The number of amides is 1. The number of aliphatic hydroxyl groups is 1. The van der Waals surface area contributed by atoms with E-state index < -0.39 is 41.3 Å². The summed E-state index contributed by atoms with van der Waals surface area (Å²) < 4.78 is 56.3. The highest BCUT2D eigenvalue weighted by atomic mass is 32.2. The van der Waals surface area contributed by atoms with Gasteiger partial charge in [-0.15, -0.1) is 0 Å². The van der Waals surface area contributed by atoms with E-state index in [0.717, 1.165) is 25.0 Å². The van der Waals surface area contributed by atoms with E-state index in [0.29, 0.717) is 29.6 Å². The monoisotopic (exact) mass is 464 g/mol. The van der Waals surface area contributed by atoms with E-state index in [1.165, 1.54) is 30.3 Å². The molecule has 4 N–H and O–H groups in total. The molecule has 1 fully saturated rings. The molecule has 3 aromatic rings. The Morgan fingerprint density at radius 3 is 2.29 bits per heavy atom. The fraction of sp³-hybridized carbons (Fsp3) is 0.250. The first kappa shape index (κ1) is 21.5. The molecule has 1 aromatic heterocycles. The molecule has 2 aromatic carbocycles. The molecule has 0 aliphatic heterocycles. The number of carbonyl (C=O) groups is 1. The number of fused-ring (bicyclic) bond motifs is 1. The number of primary sulfonamides is 1. The maximum atomic E-state index is 12.7. The highest BCUT2D eigenvalue weighted by Gasteiger charge is 2.36. The zero-order valence-corrected chi connectivity index (χ0v) is 17.9. The van der Waals surface area contributed by atoms with Gasteiger partial charge in [0.05, 0.1) is 0 Å². The Hall–Kier alpha value is -2.73. The largest absolute Gasteiger partial charge is 0.458 e. The quantitative estimate of drug-likeness (QED) is 0.521. The summed E-state index contributed by atoms with van der Waals surface area (Å²) in [5, 5.41) is 16.3. The molecular weight excluding hydrogens is 444 g/mol. The first-order valence-corrected chi connectivity index (χ1v) is 12.5. The predicted molar refractivity (Wildman–Crippen MR) is 111 cm³/mol. The van der Waals surface area contributed by atoms with Crippen LogP contribution >= 0.6 is 0 Å². The van der Waals surface area contributed by atoms with Gasteiger partial charge in [0.2, 0.25) is 10.0 Å². The molecular formula is C20H20N2O7S2. The summed E-state index contributed by atoms with van der Waals surface area (Å²) in [7, 11) is -8.84. The van der Waals surface area contributed by atoms with Crippen molar-refractivity contribution in [2.75, 3.05) is 0 Å². The Balaban J connectivity index is 1.64. The number of benzene rings is 2. The maximum Gasteiger partial charge on any atom is 0.265 e. The second-order valence-electron chi connectivity index (χ2n) is 7.53. The molecule has 1 aliphatic carbocycles. The summed E-state index contributed by atoms with van der Waals surface area (Å²) in [6.45, 7) is 0. The molecule has 164 valence electrons. The molecule has 0 radical (unpaired) electrons. The van der Waals surface area contributed by atoms with Crippen LogP contribution in [0.15, 0.2) is 62.7 Å². The molecule has 0 saturated heterocycles. The zero-order valence-electron chi connectivity index (χ0n) is 16.2. The number of nitrogens with one attached hydrogen (secondary N) is 1. The van der Waals surface area contributed by atoms with Crippen molar-refractivity contribution in [1.29, 1.82) is 0 Å². The summed E-state index contributed by atoms with van der Waals surface area (Å²) in [6, 6.07) is 10.7. The molecule has 1 aliphatic rings. The second-order valence-corrected chi connectivity index (χ2v) is 10.7. The number of sulfonamides is 2. The molecule has 9 nitrogen and oxygen atoms in total. The number of furan rings is 1. The van der Waals surface area contributed by atoms with Crippen LogP contribution < -0.4 is 9.86 Å². The van der Waals surface area contributed by atoms with Gasteiger partial charge in [-0.2, -0.15) is 0 Å². The summed E-state index contributed by atoms with van der Waals surface area (Å²) in [6.07, 6.45) is 2.95. The summed E-state index contributed by atoms with van der Waals surface area (Å²) in [5.41, 5.74) is -0.563. The Morgan fingerprint density at radius 2 is 1.65 bits per heavy atom. The minimum Gasteiger partial charge on any atom is -0.458 e. The summed E-state index contributed by atoms with van der Waals surface area (Å²) in [4.78, 5) is 11.4. The third kappa shape index (κ3) is 4.09. The van der Waals surface area contributed by atoms with Crippen molar-refractivity contribution in [2.24, 2.45) is 5.14 Å². The highest BCUT2D eigenvalue weighted by Crippen LogP contribution is 2.40. The first-order valence-electron chi connectivity index (χ1n) is 9.45. The Bertz CT molecular complexity index is 1390. The number of rotatable bonds is 5. The van der Waals surface area contributed by atoms with E-state index in [-0.39, 0.29) is 5.56 Å². The van der Waals surface area contributed by atoms with Crippen molar-refractivity contribution < 1.29 is 31.2 Å². The Morgan fingerprint density at radius 1 is 1.00 bits per heavy atom. The van der Waals surface area contributed by atoms with Crippen molar-refractivity contribution in [3.8, 4) is 0 Å². The minimum atomic E-state index is -4.51. The average Bonchev–Trinajstić information content (AvgIpc) is 3.33. The Kier molecular flexibility index (Phi) is 5.16. The van der Waals surface area contributed by atoms with E-state index in [9.17, 15) is 26.7 Å². The smallest absolute Gasteiger partial charge is 0.265 e. The molecule has 0 atom stereocenters. The van der Waals surface area contributed by atoms with Gasteiger partial charge in [0, 0.05) is 10.9 Å². The first-order chi connectivity index (χ1) is 14.5. The van der Waals surface area contributed by atoms with E-state index >= 15 is 0 Å². The lowest BCUT2D eigenvalue weighted by atomic mass is 9.99. The predicted octanol–water partition coefficient (Wildman–Crippen LogP) is 1.96. The molecule has 1 saturated carbocycles. The topological polar surface area (TPSA) is 157 Å². The number of hydrogen-bond donors (Lipinski definition) is 3. The number of carbonyl (C=O) groups excluding carboxylic acids is 1. The van der Waals surface area contributed by atoms with Gasteiger partial charge >= 0.3 is 0 Å². The molecule has 4 rings (SSSR count). The molecule has 0 bridgehead atoms. The molecule has 31 heavy (non-hydrogen) atoms. The standard InChI is InChI=1S/C20H20N2O7S2/c21-30(25,26)16-5-1-2-6-17(16)31(27,28)22-19(23)13-7-8-15-14(11-13)12-18(29-15)20(24)9-3-4-10-20/h1-2,5-8,11-12,24H,3-4,9-10H2,(H,22,23)(H2,21,25,26). The normalized spacial score (nSPS) is 16.5. The molecule has 1 heterocycles. The van der Waals surface area contributed by atoms with Crippen molar-refractivity contribution >= 4 is 36.9 Å². The fourth-order valence-electron chi connectivity index (χ4n) is 3.76. The van der Waals surface area contributed by atoms with Gasteiger partial charge in [-0.25, -0.2) is 26.7 Å². The summed E-state index contributed by atoms with van der Waals surface area (Å²) >= 11 is 0. The molecule has 0 unspecified atom stereocenters. The van der Waals surface area contributed by atoms with Crippen LogP contribution in [0.4, 0.5) is 0 Å². The van der Waals surface area contributed by atoms with Crippen LogP contribution in [-0.2, 0) is 25.6 Å². The molecule has 11 heteroatoms. The number of nitrogens with two attached hydrogens (primary N) is 1. The van der Waals surface area contributed by atoms with E-state index in [4.69, 9.17) is 9.56 Å². The van der Waals surface area contributed by atoms with Crippen molar-refractivity contribution in [3.05, 3.63) is 59.9 Å². The van der Waals surface area contributed by atoms with Gasteiger partial charge in [0.25, 0.3) is 15.9 Å². The van der Waals surface area contributed by atoms with Crippen LogP contribution in [0.1, 0.15) is 41.8 Å². The average molecular weight is 465 g/mol. The molecule has 1 amide bonds. The van der Waals surface area contributed by atoms with Gasteiger partial charge in [-0.05, 0) is 62.1 Å². The van der Waals surface area contributed by atoms with Crippen molar-refractivity contribution in [1.82, 2.24) is 4.72 Å². The van der Waals surface area contributed by atoms with Crippen LogP contribution in [0.25, 0.3) is 11.0 Å². The second kappa shape index (κ2) is 7.45. The van der Waals surface area contributed by atoms with Gasteiger partial charge in [0.15, 0.2) is 0 Å². The highest BCUT2D eigenvalue weighted by molar-refractivity contribution is 7.92. The van der Waals surface area contributed by atoms with E-state index in [1.807, 2.05) is 4.72 Å². The third-order valence-corrected chi connectivity index (χ3v) is 7.83. The van der Waals surface area contributed by atoms with Crippen LogP contribution in [0.5, 0.6) is 0 Å². The SMILES string of the molecule is NS(=O)(=O)c1ccccc1S(=O)(=O)NC(=O)c1ccc2oc(C3(O)CCCC3)cc2c1. The Labute approximate surface area is 179 Å². The van der Waals surface area contributed by atoms with Crippen LogP contribution in [0, 0.1) is 0 Å². The van der Waals surface area contributed by atoms with Crippen molar-refractivity contribution in [3.63, 3.8) is 0 Å². The minimum absolute atomic E-state index is 0.0231. The van der Waals surface area contributed by atoms with Gasteiger partial charge in [-0.1, -0.05) is 12.1 Å². The lowest BCUT2D eigenvalue weighted by Crippen LogP contribution is -2.32. The molecule has 0 spiro atoms. The summed E-state index contributed by atoms with van der Waals surface area (Å²) in [5.74, 6) is -0.541. The van der Waals surface area contributed by atoms with E-state index in [1.54, 1.807) is 6.07 Å². The fourth-order valence-corrected chi connectivity index (χ4v) is 6.12.